The number of nitrogens with one attached hydrogen (secondary N) is 1. The molecule has 0 fully saturated rings. The maximum atomic E-state index is 11.1. The summed E-state index contributed by atoms with van der Waals surface area (Å²) in [6.07, 6.45) is 2.70. The second-order valence-corrected chi connectivity index (χ2v) is 7.29. The molecule has 0 aliphatic carbocycles. The molecule has 1 aromatic rings. The molecular formula is C13H20ClNO2S. The van der Waals surface area contributed by atoms with E-state index in [0.717, 1.165) is 22.6 Å². The summed E-state index contributed by atoms with van der Waals surface area (Å²) >= 11 is 6.10. The molecule has 0 spiro atoms. The van der Waals surface area contributed by atoms with Crippen molar-refractivity contribution in [3.63, 3.8) is 0 Å². The summed E-state index contributed by atoms with van der Waals surface area (Å²) in [7, 11) is -1.01. The summed E-state index contributed by atoms with van der Waals surface area (Å²) in [6, 6.07) is 6.10. The van der Waals surface area contributed by atoms with Crippen molar-refractivity contribution >= 4 is 21.4 Å². The molecule has 0 radical (unpaired) electrons. The Hall–Kier alpha value is -0.580. The van der Waals surface area contributed by atoms with Crippen LogP contribution in [0.2, 0.25) is 5.02 Å². The van der Waals surface area contributed by atoms with Crippen LogP contribution in [0.15, 0.2) is 18.2 Å². The zero-order chi connectivity index (χ0) is 13.8. The first-order chi connectivity index (χ1) is 8.33. The highest BCUT2D eigenvalue weighted by atomic mass is 35.5. The van der Waals surface area contributed by atoms with Gasteiger partial charge in [-0.15, -0.1) is 0 Å². The first-order valence-electron chi connectivity index (χ1n) is 5.94. The van der Waals surface area contributed by atoms with E-state index in [-0.39, 0.29) is 11.8 Å². The molecular weight excluding hydrogens is 270 g/mol. The summed E-state index contributed by atoms with van der Waals surface area (Å²) in [5.74, 6) is 0.227. The van der Waals surface area contributed by atoms with Crippen LogP contribution in [0.4, 0.5) is 0 Å². The SMILES string of the molecule is CNC(CCCS(C)(=O)=O)c1ccc(C)c(Cl)c1. The number of rotatable bonds is 6. The summed E-state index contributed by atoms with van der Waals surface area (Å²) in [5.41, 5.74) is 2.15. The number of hydrogen-bond donors (Lipinski definition) is 1. The highest BCUT2D eigenvalue weighted by molar-refractivity contribution is 7.90. The Morgan fingerprint density at radius 2 is 2.06 bits per heavy atom. The molecule has 1 unspecified atom stereocenters. The van der Waals surface area contributed by atoms with Crippen LogP contribution in [0.5, 0.6) is 0 Å². The standard InChI is InChI=1S/C13H20ClNO2S/c1-10-6-7-11(9-12(10)14)13(15-2)5-4-8-18(3,16)17/h6-7,9,13,15H,4-5,8H2,1-3H3. The van der Waals surface area contributed by atoms with E-state index in [4.69, 9.17) is 11.6 Å². The molecule has 0 saturated carbocycles. The van der Waals surface area contributed by atoms with Crippen molar-refractivity contribution < 1.29 is 8.42 Å². The zero-order valence-corrected chi connectivity index (χ0v) is 12.6. The van der Waals surface area contributed by atoms with Crippen molar-refractivity contribution in [1.29, 1.82) is 0 Å². The summed E-state index contributed by atoms with van der Waals surface area (Å²) < 4.78 is 22.2. The van der Waals surface area contributed by atoms with Gasteiger partial charge < -0.3 is 5.32 Å². The fourth-order valence-corrected chi connectivity index (χ4v) is 2.73. The molecule has 0 saturated heterocycles. The van der Waals surface area contributed by atoms with Crippen LogP contribution >= 0.6 is 11.6 Å². The Balaban J connectivity index is 2.68. The molecule has 0 heterocycles. The molecule has 1 N–H and O–H groups in total. The van der Waals surface area contributed by atoms with Crippen molar-refractivity contribution in [3.8, 4) is 0 Å². The maximum absolute atomic E-state index is 11.1. The molecule has 18 heavy (non-hydrogen) atoms. The monoisotopic (exact) mass is 289 g/mol. The van der Waals surface area contributed by atoms with Gasteiger partial charge in [-0.05, 0) is 44.0 Å². The molecule has 0 aliphatic rings. The Morgan fingerprint density at radius 3 is 2.56 bits per heavy atom. The molecule has 1 atom stereocenters. The quantitative estimate of drug-likeness (QED) is 0.876. The maximum Gasteiger partial charge on any atom is 0.147 e. The average Bonchev–Trinajstić information content (AvgIpc) is 2.27. The van der Waals surface area contributed by atoms with E-state index in [1.54, 1.807) is 0 Å². The van der Waals surface area contributed by atoms with Crippen LogP contribution < -0.4 is 5.32 Å². The molecule has 1 rings (SSSR count). The predicted molar refractivity (Wildman–Crippen MR) is 76.9 cm³/mol. The van der Waals surface area contributed by atoms with Crippen molar-refractivity contribution in [1.82, 2.24) is 5.32 Å². The van der Waals surface area contributed by atoms with Gasteiger partial charge in [0.05, 0.1) is 0 Å². The first kappa shape index (κ1) is 15.5. The zero-order valence-electron chi connectivity index (χ0n) is 11.0. The fraction of sp³-hybridized carbons (Fsp3) is 0.538. The van der Waals surface area contributed by atoms with Crippen molar-refractivity contribution in [2.24, 2.45) is 0 Å². The van der Waals surface area contributed by atoms with Crippen molar-refractivity contribution in [2.45, 2.75) is 25.8 Å². The van der Waals surface area contributed by atoms with Crippen molar-refractivity contribution in [3.05, 3.63) is 34.3 Å². The highest BCUT2D eigenvalue weighted by Crippen LogP contribution is 2.24. The Labute approximate surface area is 114 Å². The van der Waals surface area contributed by atoms with E-state index in [2.05, 4.69) is 5.32 Å². The van der Waals surface area contributed by atoms with Gasteiger partial charge in [-0.1, -0.05) is 23.7 Å². The van der Waals surface area contributed by atoms with Crippen LogP contribution in [-0.2, 0) is 9.84 Å². The van der Waals surface area contributed by atoms with E-state index in [0.29, 0.717) is 6.42 Å². The molecule has 1 aromatic carbocycles. The van der Waals surface area contributed by atoms with Gasteiger partial charge >= 0.3 is 0 Å². The van der Waals surface area contributed by atoms with Gasteiger partial charge in [0.15, 0.2) is 0 Å². The molecule has 3 nitrogen and oxygen atoms in total. The lowest BCUT2D eigenvalue weighted by Crippen LogP contribution is -2.17. The summed E-state index contributed by atoms with van der Waals surface area (Å²) in [6.45, 7) is 1.96. The number of benzene rings is 1. The number of halogens is 1. The molecule has 0 aromatic heterocycles. The summed E-state index contributed by atoms with van der Waals surface area (Å²) in [4.78, 5) is 0. The van der Waals surface area contributed by atoms with Crippen LogP contribution in [0, 0.1) is 6.92 Å². The van der Waals surface area contributed by atoms with E-state index < -0.39 is 9.84 Å². The third kappa shape index (κ3) is 4.96. The van der Waals surface area contributed by atoms with E-state index in [9.17, 15) is 8.42 Å². The van der Waals surface area contributed by atoms with Gasteiger partial charge in [0.1, 0.15) is 9.84 Å². The lowest BCUT2D eigenvalue weighted by atomic mass is 10.0. The van der Waals surface area contributed by atoms with Gasteiger partial charge in [0.2, 0.25) is 0 Å². The average molecular weight is 290 g/mol. The Kier molecular flexibility index (Phi) is 5.63. The number of hydrogen-bond acceptors (Lipinski definition) is 3. The van der Waals surface area contributed by atoms with Gasteiger partial charge in [-0.3, -0.25) is 0 Å². The predicted octanol–water partition coefficient (Wildman–Crippen LogP) is 2.73. The normalized spacial score (nSPS) is 13.6. The number of sulfone groups is 1. The highest BCUT2D eigenvalue weighted by Gasteiger charge is 2.11. The van der Waals surface area contributed by atoms with E-state index >= 15 is 0 Å². The topological polar surface area (TPSA) is 46.2 Å². The van der Waals surface area contributed by atoms with Crippen molar-refractivity contribution in [2.75, 3.05) is 19.1 Å². The molecule has 0 amide bonds. The van der Waals surface area contributed by atoms with Gasteiger partial charge in [-0.25, -0.2) is 8.42 Å². The Bertz CT molecular complexity index is 500. The number of aryl methyl sites for hydroxylation is 1. The largest absolute Gasteiger partial charge is 0.313 e. The molecule has 5 heteroatoms. The minimum Gasteiger partial charge on any atom is -0.313 e. The summed E-state index contributed by atoms with van der Waals surface area (Å²) in [5, 5.41) is 3.94. The minimum absolute atomic E-state index is 0.143. The fourth-order valence-electron chi connectivity index (χ4n) is 1.85. The van der Waals surface area contributed by atoms with Crippen LogP contribution in [-0.4, -0.2) is 27.5 Å². The van der Waals surface area contributed by atoms with Gasteiger partial charge in [-0.2, -0.15) is 0 Å². The molecule has 0 bridgehead atoms. The lowest BCUT2D eigenvalue weighted by molar-refractivity contribution is 0.536. The molecule has 102 valence electrons. The van der Waals surface area contributed by atoms with E-state index in [1.807, 2.05) is 32.2 Å². The third-order valence-electron chi connectivity index (χ3n) is 2.95. The lowest BCUT2D eigenvalue weighted by Gasteiger charge is -2.17. The Morgan fingerprint density at radius 1 is 1.39 bits per heavy atom. The van der Waals surface area contributed by atoms with Gasteiger partial charge in [0.25, 0.3) is 0 Å². The first-order valence-corrected chi connectivity index (χ1v) is 8.38. The van der Waals surface area contributed by atoms with Crippen LogP contribution in [0.25, 0.3) is 0 Å². The second-order valence-electron chi connectivity index (χ2n) is 4.62. The van der Waals surface area contributed by atoms with Crippen LogP contribution in [0.1, 0.15) is 30.0 Å². The van der Waals surface area contributed by atoms with Gasteiger partial charge in [0, 0.05) is 23.1 Å². The second kappa shape index (κ2) is 6.55. The van der Waals surface area contributed by atoms with E-state index in [1.165, 1.54) is 6.26 Å². The third-order valence-corrected chi connectivity index (χ3v) is 4.39. The minimum atomic E-state index is -2.88. The smallest absolute Gasteiger partial charge is 0.147 e. The molecule has 0 aliphatic heterocycles. The van der Waals surface area contributed by atoms with Crippen LogP contribution in [0.3, 0.4) is 0 Å².